The van der Waals surface area contributed by atoms with E-state index in [4.69, 9.17) is 10.3 Å². The van der Waals surface area contributed by atoms with E-state index in [2.05, 4.69) is 22.7 Å². The number of hydrogen-bond donors (Lipinski definition) is 1. The largest absolute Gasteiger partial charge is 0.367 e. The highest BCUT2D eigenvalue weighted by molar-refractivity contribution is 7.09. The summed E-state index contributed by atoms with van der Waals surface area (Å²) in [5.74, 6) is 0.405. The Morgan fingerprint density at radius 1 is 1.05 bits per heavy atom. The summed E-state index contributed by atoms with van der Waals surface area (Å²) in [6.07, 6.45) is 2.99. The summed E-state index contributed by atoms with van der Waals surface area (Å²) >= 11 is 1.80. The van der Waals surface area contributed by atoms with E-state index in [-0.39, 0.29) is 0 Å². The zero-order valence-electron chi connectivity index (χ0n) is 11.1. The SMILES string of the molecule is Nc1onc(CCCc2cccs2)c1-c1ccccc1. The van der Waals surface area contributed by atoms with Gasteiger partial charge in [0.2, 0.25) is 5.88 Å². The van der Waals surface area contributed by atoms with E-state index in [0.29, 0.717) is 5.88 Å². The summed E-state index contributed by atoms with van der Waals surface area (Å²) < 4.78 is 5.17. The summed E-state index contributed by atoms with van der Waals surface area (Å²) in [4.78, 5) is 1.41. The molecule has 0 atom stereocenters. The van der Waals surface area contributed by atoms with Gasteiger partial charge in [-0.3, -0.25) is 0 Å². The predicted octanol–water partition coefficient (Wildman–Crippen LogP) is 4.16. The minimum atomic E-state index is 0.405. The van der Waals surface area contributed by atoms with Gasteiger partial charge in [-0.15, -0.1) is 11.3 Å². The fourth-order valence-electron chi connectivity index (χ4n) is 2.31. The molecule has 0 spiro atoms. The maximum atomic E-state index is 5.91. The number of aromatic nitrogens is 1. The third kappa shape index (κ3) is 2.75. The smallest absolute Gasteiger partial charge is 0.230 e. The summed E-state index contributed by atoms with van der Waals surface area (Å²) in [5.41, 5.74) is 8.87. The molecule has 0 saturated heterocycles. The van der Waals surface area contributed by atoms with Crippen LogP contribution in [0.2, 0.25) is 0 Å². The molecule has 0 fully saturated rings. The second kappa shape index (κ2) is 5.92. The minimum absolute atomic E-state index is 0.405. The maximum absolute atomic E-state index is 5.91. The van der Waals surface area contributed by atoms with Gasteiger partial charge in [0.1, 0.15) is 0 Å². The Bertz CT molecular complexity index is 659. The summed E-state index contributed by atoms with van der Waals surface area (Å²) in [6.45, 7) is 0. The second-order valence-electron chi connectivity index (χ2n) is 4.67. The topological polar surface area (TPSA) is 52.0 Å². The number of nitrogens with zero attached hydrogens (tertiary/aromatic N) is 1. The quantitative estimate of drug-likeness (QED) is 0.765. The zero-order chi connectivity index (χ0) is 13.8. The molecule has 3 nitrogen and oxygen atoms in total. The van der Waals surface area contributed by atoms with Gasteiger partial charge in [-0.25, -0.2) is 0 Å². The van der Waals surface area contributed by atoms with Crippen molar-refractivity contribution in [2.75, 3.05) is 5.73 Å². The third-order valence-electron chi connectivity index (χ3n) is 3.27. The Hall–Kier alpha value is -2.07. The van der Waals surface area contributed by atoms with Crippen molar-refractivity contribution in [2.45, 2.75) is 19.3 Å². The number of anilines is 1. The molecule has 1 aromatic carbocycles. The molecule has 0 saturated carbocycles. The van der Waals surface area contributed by atoms with E-state index in [0.717, 1.165) is 36.1 Å². The number of nitrogens with two attached hydrogens (primary N) is 1. The van der Waals surface area contributed by atoms with Crippen molar-refractivity contribution >= 4 is 17.2 Å². The normalized spacial score (nSPS) is 10.8. The van der Waals surface area contributed by atoms with Gasteiger partial charge >= 0.3 is 0 Å². The van der Waals surface area contributed by atoms with Crippen LogP contribution < -0.4 is 5.73 Å². The molecular weight excluding hydrogens is 268 g/mol. The summed E-state index contributed by atoms with van der Waals surface area (Å²) in [7, 11) is 0. The van der Waals surface area contributed by atoms with E-state index in [1.165, 1.54) is 4.88 Å². The molecule has 0 bridgehead atoms. The molecule has 0 amide bonds. The molecule has 3 aromatic rings. The summed E-state index contributed by atoms with van der Waals surface area (Å²) in [6, 6.07) is 14.3. The Labute approximate surface area is 122 Å². The lowest BCUT2D eigenvalue weighted by atomic mass is 10.0. The molecule has 0 unspecified atom stereocenters. The Balaban J connectivity index is 1.74. The molecule has 3 rings (SSSR count). The van der Waals surface area contributed by atoms with Gasteiger partial charge in [-0.2, -0.15) is 0 Å². The average Bonchev–Trinajstić information content (AvgIpc) is 3.10. The number of rotatable bonds is 5. The van der Waals surface area contributed by atoms with Gasteiger partial charge in [0, 0.05) is 4.88 Å². The highest BCUT2D eigenvalue weighted by Gasteiger charge is 2.15. The monoisotopic (exact) mass is 284 g/mol. The molecule has 2 N–H and O–H groups in total. The van der Waals surface area contributed by atoms with E-state index in [9.17, 15) is 0 Å². The number of benzene rings is 1. The molecule has 0 aliphatic rings. The standard InChI is InChI=1S/C16H16N2OS/c17-16-15(12-6-2-1-3-7-12)14(18-19-16)10-4-8-13-9-5-11-20-13/h1-3,5-7,9,11H,4,8,10,17H2. The summed E-state index contributed by atoms with van der Waals surface area (Å²) in [5, 5.41) is 6.22. The van der Waals surface area contributed by atoms with Crippen LogP contribution in [-0.2, 0) is 12.8 Å². The van der Waals surface area contributed by atoms with Gasteiger partial charge in [0.25, 0.3) is 0 Å². The lowest BCUT2D eigenvalue weighted by molar-refractivity contribution is 0.426. The van der Waals surface area contributed by atoms with E-state index in [1.54, 1.807) is 11.3 Å². The fraction of sp³-hybridized carbons (Fsp3) is 0.188. The first kappa shape index (κ1) is 12.9. The molecular formula is C16H16N2OS. The predicted molar refractivity (Wildman–Crippen MR) is 82.7 cm³/mol. The van der Waals surface area contributed by atoms with E-state index in [1.807, 2.05) is 30.3 Å². The second-order valence-corrected chi connectivity index (χ2v) is 5.70. The van der Waals surface area contributed by atoms with Crippen LogP contribution in [0.15, 0.2) is 52.4 Å². The van der Waals surface area contributed by atoms with Crippen molar-refractivity contribution in [3.8, 4) is 11.1 Å². The Morgan fingerprint density at radius 3 is 2.65 bits per heavy atom. The van der Waals surface area contributed by atoms with Crippen LogP contribution in [0.3, 0.4) is 0 Å². The van der Waals surface area contributed by atoms with Crippen molar-refractivity contribution < 1.29 is 4.52 Å². The van der Waals surface area contributed by atoms with Crippen LogP contribution in [0, 0.1) is 0 Å². The molecule has 2 aromatic heterocycles. The number of thiophene rings is 1. The minimum Gasteiger partial charge on any atom is -0.367 e. The Kier molecular flexibility index (Phi) is 3.83. The van der Waals surface area contributed by atoms with Crippen molar-refractivity contribution in [2.24, 2.45) is 0 Å². The first-order valence-electron chi connectivity index (χ1n) is 6.66. The molecule has 2 heterocycles. The number of hydrogen-bond acceptors (Lipinski definition) is 4. The average molecular weight is 284 g/mol. The van der Waals surface area contributed by atoms with Crippen LogP contribution in [0.4, 0.5) is 5.88 Å². The van der Waals surface area contributed by atoms with Crippen molar-refractivity contribution in [1.82, 2.24) is 5.16 Å². The lowest BCUT2D eigenvalue weighted by Gasteiger charge is -2.02. The molecule has 20 heavy (non-hydrogen) atoms. The highest BCUT2D eigenvalue weighted by Crippen LogP contribution is 2.30. The van der Waals surface area contributed by atoms with E-state index < -0.39 is 0 Å². The third-order valence-corrected chi connectivity index (χ3v) is 4.20. The molecule has 0 aliphatic carbocycles. The first-order valence-corrected chi connectivity index (χ1v) is 7.54. The van der Waals surface area contributed by atoms with Crippen molar-refractivity contribution in [1.29, 1.82) is 0 Å². The van der Waals surface area contributed by atoms with Gasteiger partial charge in [0.05, 0.1) is 11.3 Å². The van der Waals surface area contributed by atoms with Gasteiger partial charge in [0.15, 0.2) is 0 Å². The highest BCUT2D eigenvalue weighted by atomic mass is 32.1. The van der Waals surface area contributed by atoms with Gasteiger partial charge < -0.3 is 10.3 Å². The maximum Gasteiger partial charge on any atom is 0.230 e. The van der Waals surface area contributed by atoms with E-state index >= 15 is 0 Å². The van der Waals surface area contributed by atoms with Crippen LogP contribution in [0.5, 0.6) is 0 Å². The van der Waals surface area contributed by atoms with Gasteiger partial charge in [-0.05, 0) is 36.3 Å². The lowest BCUT2D eigenvalue weighted by Crippen LogP contribution is -1.93. The van der Waals surface area contributed by atoms with Gasteiger partial charge in [-0.1, -0.05) is 41.6 Å². The first-order chi connectivity index (χ1) is 9.84. The molecule has 0 radical (unpaired) electrons. The van der Waals surface area contributed by atoms with Crippen LogP contribution in [0.25, 0.3) is 11.1 Å². The number of aryl methyl sites for hydroxylation is 2. The Morgan fingerprint density at radius 2 is 1.90 bits per heavy atom. The zero-order valence-corrected chi connectivity index (χ0v) is 11.9. The van der Waals surface area contributed by atoms with Crippen LogP contribution in [0.1, 0.15) is 17.0 Å². The fourth-order valence-corrected chi connectivity index (χ4v) is 3.06. The molecule has 102 valence electrons. The molecule has 4 heteroatoms. The van der Waals surface area contributed by atoms with Crippen LogP contribution in [-0.4, -0.2) is 5.16 Å². The van der Waals surface area contributed by atoms with Crippen molar-refractivity contribution in [3.05, 3.63) is 58.4 Å². The molecule has 0 aliphatic heterocycles. The van der Waals surface area contributed by atoms with Crippen LogP contribution >= 0.6 is 11.3 Å². The van der Waals surface area contributed by atoms with Crippen molar-refractivity contribution in [3.63, 3.8) is 0 Å². The number of nitrogen functional groups attached to an aromatic ring is 1.